The minimum absolute atomic E-state index is 0.617. The van der Waals surface area contributed by atoms with E-state index in [9.17, 15) is 0 Å². The minimum atomic E-state index is 0.617. The average molecular weight is 293 g/mol. The molecular formula is C18H19N3O. The highest BCUT2D eigenvalue weighted by atomic mass is 16.6. The van der Waals surface area contributed by atoms with Gasteiger partial charge in [0.05, 0.1) is 12.9 Å². The molecule has 3 rings (SSSR count). The van der Waals surface area contributed by atoms with Crippen LogP contribution in [-0.4, -0.2) is 22.4 Å². The summed E-state index contributed by atoms with van der Waals surface area (Å²) >= 11 is 0. The number of imidazole rings is 1. The molecule has 0 radical (unpaired) electrons. The van der Waals surface area contributed by atoms with Gasteiger partial charge in [0.1, 0.15) is 12.8 Å². The molecule has 4 heteroatoms. The molecule has 1 heterocycles. The summed E-state index contributed by atoms with van der Waals surface area (Å²) in [5.41, 5.74) is 4.17. The highest BCUT2D eigenvalue weighted by molar-refractivity contribution is 6.01. The molecule has 0 aliphatic heterocycles. The van der Waals surface area contributed by atoms with Gasteiger partial charge in [0, 0.05) is 29.4 Å². The molecule has 1 saturated carbocycles. The Morgan fingerprint density at radius 1 is 1.45 bits per heavy atom. The van der Waals surface area contributed by atoms with Crippen LogP contribution in [0.1, 0.15) is 29.5 Å². The van der Waals surface area contributed by atoms with E-state index in [0.29, 0.717) is 12.5 Å². The number of nitrogens with zero attached hydrogens (tertiary/aromatic N) is 3. The molecule has 0 amide bonds. The molecule has 112 valence electrons. The third kappa shape index (κ3) is 3.56. The summed E-state index contributed by atoms with van der Waals surface area (Å²) in [6.07, 6.45) is 7.94. The SMILES string of the molecule is CON=C(Cn1ccnc1)c1ccc(C#CC2CC2)cc1C. The Labute approximate surface area is 130 Å². The molecule has 22 heavy (non-hydrogen) atoms. The van der Waals surface area contributed by atoms with Crippen LogP contribution in [0.25, 0.3) is 0 Å². The smallest absolute Gasteiger partial charge is 0.107 e. The van der Waals surface area contributed by atoms with Crippen molar-refractivity contribution >= 4 is 5.71 Å². The second-order valence-electron chi connectivity index (χ2n) is 5.53. The lowest BCUT2D eigenvalue weighted by Gasteiger charge is -2.10. The van der Waals surface area contributed by atoms with Crippen molar-refractivity contribution in [2.75, 3.05) is 7.11 Å². The van der Waals surface area contributed by atoms with Crippen molar-refractivity contribution in [3.8, 4) is 11.8 Å². The number of hydrogen-bond acceptors (Lipinski definition) is 3. The number of aromatic nitrogens is 2. The van der Waals surface area contributed by atoms with Crippen LogP contribution < -0.4 is 0 Å². The number of rotatable bonds is 4. The van der Waals surface area contributed by atoms with Crippen LogP contribution in [0.5, 0.6) is 0 Å². The largest absolute Gasteiger partial charge is 0.399 e. The lowest BCUT2D eigenvalue weighted by atomic mass is 10.0. The monoisotopic (exact) mass is 293 g/mol. The molecule has 1 aliphatic rings. The van der Waals surface area contributed by atoms with Crippen LogP contribution in [0.2, 0.25) is 0 Å². The van der Waals surface area contributed by atoms with E-state index >= 15 is 0 Å². The molecule has 0 unspecified atom stereocenters. The van der Waals surface area contributed by atoms with Crippen LogP contribution in [-0.2, 0) is 11.4 Å². The first-order valence-electron chi connectivity index (χ1n) is 7.44. The number of aryl methyl sites for hydroxylation is 1. The third-order valence-corrected chi connectivity index (χ3v) is 3.63. The van der Waals surface area contributed by atoms with Crippen molar-refractivity contribution in [1.29, 1.82) is 0 Å². The van der Waals surface area contributed by atoms with E-state index in [4.69, 9.17) is 4.84 Å². The van der Waals surface area contributed by atoms with E-state index < -0.39 is 0 Å². The molecular weight excluding hydrogens is 274 g/mol. The molecule has 1 fully saturated rings. The molecule has 0 bridgehead atoms. The van der Waals surface area contributed by atoms with Gasteiger partial charge >= 0.3 is 0 Å². The van der Waals surface area contributed by atoms with Crippen molar-refractivity contribution in [3.05, 3.63) is 53.6 Å². The van der Waals surface area contributed by atoms with Crippen molar-refractivity contribution in [3.63, 3.8) is 0 Å². The van der Waals surface area contributed by atoms with Gasteiger partial charge < -0.3 is 9.40 Å². The second-order valence-corrected chi connectivity index (χ2v) is 5.53. The Bertz CT molecular complexity index is 731. The van der Waals surface area contributed by atoms with E-state index in [0.717, 1.165) is 22.4 Å². The summed E-state index contributed by atoms with van der Waals surface area (Å²) in [7, 11) is 1.57. The molecule has 0 N–H and O–H groups in total. The molecule has 1 aromatic heterocycles. The Hall–Kier alpha value is -2.54. The second kappa shape index (κ2) is 6.48. The maximum Gasteiger partial charge on any atom is 0.107 e. The molecule has 0 spiro atoms. The predicted octanol–water partition coefficient (Wildman–Crippen LogP) is 3.00. The summed E-state index contributed by atoms with van der Waals surface area (Å²) in [5.74, 6) is 7.17. The zero-order chi connectivity index (χ0) is 15.4. The zero-order valence-corrected chi connectivity index (χ0v) is 12.9. The van der Waals surface area contributed by atoms with Crippen molar-refractivity contribution in [2.24, 2.45) is 11.1 Å². The molecule has 0 atom stereocenters. The zero-order valence-electron chi connectivity index (χ0n) is 12.9. The highest BCUT2D eigenvalue weighted by Crippen LogP contribution is 2.27. The Kier molecular flexibility index (Phi) is 4.24. The van der Waals surface area contributed by atoms with Gasteiger partial charge in [0.25, 0.3) is 0 Å². The normalized spacial score (nSPS) is 14.4. The molecule has 4 nitrogen and oxygen atoms in total. The van der Waals surface area contributed by atoms with Crippen LogP contribution in [0.4, 0.5) is 0 Å². The van der Waals surface area contributed by atoms with Gasteiger partial charge in [-0.1, -0.05) is 23.1 Å². The molecule has 0 saturated heterocycles. The Balaban J connectivity index is 1.84. The average Bonchev–Trinajstić information content (AvgIpc) is 3.20. The fourth-order valence-electron chi connectivity index (χ4n) is 2.30. The first-order chi connectivity index (χ1) is 10.8. The van der Waals surface area contributed by atoms with Crippen molar-refractivity contribution < 1.29 is 4.84 Å². The van der Waals surface area contributed by atoms with E-state index in [1.807, 2.05) is 10.8 Å². The van der Waals surface area contributed by atoms with Gasteiger partial charge in [0.15, 0.2) is 0 Å². The van der Waals surface area contributed by atoms with Crippen LogP contribution in [0, 0.1) is 24.7 Å². The quantitative estimate of drug-likeness (QED) is 0.494. The third-order valence-electron chi connectivity index (χ3n) is 3.63. The minimum Gasteiger partial charge on any atom is -0.399 e. The maximum atomic E-state index is 5.01. The summed E-state index contributed by atoms with van der Waals surface area (Å²) in [5, 5.41) is 4.18. The van der Waals surface area contributed by atoms with E-state index in [1.54, 1.807) is 19.6 Å². The van der Waals surface area contributed by atoms with E-state index in [1.165, 1.54) is 12.8 Å². The number of oxime groups is 1. The molecule has 1 aromatic carbocycles. The first-order valence-corrected chi connectivity index (χ1v) is 7.44. The van der Waals surface area contributed by atoms with Gasteiger partial charge in [-0.2, -0.15) is 0 Å². The van der Waals surface area contributed by atoms with Gasteiger partial charge in [0.2, 0.25) is 0 Å². The lowest BCUT2D eigenvalue weighted by Crippen LogP contribution is -2.12. The van der Waals surface area contributed by atoms with Crippen molar-refractivity contribution in [1.82, 2.24) is 9.55 Å². The van der Waals surface area contributed by atoms with Gasteiger partial charge in [-0.25, -0.2) is 4.98 Å². The fourth-order valence-corrected chi connectivity index (χ4v) is 2.30. The van der Waals surface area contributed by atoms with Gasteiger partial charge in [-0.3, -0.25) is 0 Å². The summed E-state index contributed by atoms with van der Waals surface area (Å²) in [6, 6.07) is 6.24. The fraction of sp³-hybridized carbons (Fsp3) is 0.333. The highest BCUT2D eigenvalue weighted by Gasteiger charge is 2.17. The summed E-state index contributed by atoms with van der Waals surface area (Å²) < 4.78 is 1.97. The van der Waals surface area contributed by atoms with Gasteiger partial charge in [-0.15, -0.1) is 0 Å². The number of hydrogen-bond donors (Lipinski definition) is 0. The van der Waals surface area contributed by atoms with E-state index in [-0.39, 0.29) is 0 Å². The standard InChI is InChI=1S/C18H19N3O/c1-14-11-16(6-5-15-3-4-15)7-8-17(14)18(20-22-2)12-21-10-9-19-13-21/h7-11,13,15H,3-4,12H2,1-2H3. The van der Waals surface area contributed by atoms with Crippen LogP contribution in [0.15, 0.2) is 42.1 Å². The maximum absolute atomic E-state index is 5.01. The lowest BCUT2D eigenvalue weighted by molar-refractivity contribution is 0.212. The topological polar surface area (TPSA) is 39.4 Å². The van der Waals surface area contributed by atoms with Crippen molar-refractivity contribution in [2.45, 2.75) is 26.3 Å². The van der Waals surface area contributed by atoms with E-state index in [2.05, 4.69) is 47.1 Å². The summed E-state index contributed by atoms with van der Waals surface area (Å²) in [4.78, 5) is 9.07. The molecule has 2 aromatic rings. The summed E-state index contributed by atoms with van der Waals surface area (Å²) in [6.45, 7) is 2.71. The predicted molar refractivity (Wildman–Crippen MR) is 86.6 cm³/mol. The van der Waals surface area contributed by atoms with Crippen LogP contribution >= 0.6 is 0 Å². The first kappa shape index (κ1) is 14.4. The Morgan fingerprint density at radius 2 is 2.32 bits per heavy atom. The van der Waals surface area contributed by atoms with Gasteiger partial charge in [-0.05, 0) is 37.5 Å². The Morgan fingerprint density at radius 3 is 2.95 bits per heavy atom. The molecule has 1 aliphatic carbocycles. The van der Waals surface area contributed by atoms with Crippen LogP contribution in [0.3, 0.4) is 0 Å². The number of benzene rings is 1.